The van der Waals surface area contributed by atoms with E-state index >= 15 is 0 Å². The Morgan fingerprint density at radius 3 is 2.75 bits per heavy atom. The van der Waals surface area contributed by atoms with Crippen molar-refractivity contribution in [3.63, 3.8) is 0 Å². The molecule has 0 aliphatic carbocycles. The van der Waals surface area contributed by atoms with Crippen molar-refractivity contribution < 1.29 is 17.9 Å². The molecule has 2 rings (SSSR count). The van der Waals surface area contributed by atoms with Crippen LogP contribution >= 0.6 is 38.6 Å². The van der Waals surface area contributed by atoms with Gasteiger partial charge in [0.1, 0.15) is 9.77 Å². The highest BCUT2D eigenvalue weighted by Gasteiger charge is 2.28. The number of aromatic nitrogens is 1. The highest BCUT2D eigenvalue weighted by molar-refractivity contribution is 9.11. The third-order valence-electron chi connectivity index (χ3n) is 2.26. The second-order valence-electron chi connectivity index (χ2n) is 3.64. The fourth-order valence-corrected chi connectivity index (χ4v) is 5.53. The van der Waals surface area contributed by atoms with Gasteiger partial charge in [-0.25, -0.2) is 18.2 Å². The first-order valence-corrected chi connectivity index (χ1v) is 9.13. The molecule has 0 amide bonds. The first-order valence-electron chi connectivity index (χ1n) is 5.15. The summed E-state index contributed by atoms with van der Waals surface area (Å²) in [4.78, 5) is 15.5. The van der Waals surface area contributed by atoms with E-state index < -0.39 is 16.0 Å². The summed E-state index contributed by atoms with van der Waals surface area (Å²) in [5.41, 5.74) is 0.485. The van der Waals surface area contributed by atoms with Crippen LogP contribution in [0.4, 0.5) is 5.13 Å². The van der Waals surface area contributed by atoms with Gasteiger partial charge in [0.25, 0.3) is 10.0 Å². The highest BCUT2D eigenvalue weighted by Crippen LogP contribution is 2.31. The Morgan fingerprint density at radius 2 is 2.20 bits per heavy atom. The van der Waals surface area contributed by atoms with Crippen LogP contribution in [0.5, 0.6) is 0 Å². The molecule has 1 N–H and O–H groups in total. The molecule has 0 atom stereocenters. The molecule has 0 unspecified atom stereocenters. The average Bonchev–Trinajstić information content (AvgIpc) is 2.94. The lowest BCUT2D eigenvalue weighted by atomic mass is 10.3. The third-order valence-corrected chi connectivity index (χ3v) is 6.51. The molecule has 6 nitrogen and oxygen atoms in total. The molecule has 0 aliphatic heterocycles. The summed E-state index contributed by atoms with van der Waals surface area (Å²) in [5.74, 6) is -0.677. The third kappa shape index (κ3) is 3.03. The van der Waals surface area contributed by atoms with Crippen molar-refractivity contribution in [3.05, 3.63) is 25.8 Å². The molecule has 2 heterocycles. The topological polar surface area (TPSA) is 85.4 Å². The Balaban J connectivity index is 2.44. The van der Waals surface area contributed by atoms with Crippen molar-refractivity contribution in [2.75, 3.05) is 11.8 Å². The zero-order valence-electron chi connectivity index (χ0n) is 10.3. The molecule has 0 saturated carbocycles. The van der Waals surface area contributed by atoms with E-state index in [0.717, 1.165) is 22.7 Å². The molecule has 2 aromatic rings. The van der Waals surface area contributed by atoms with Gasteiger partial charge in [-0.2, -0.15) is 0 Å². The summed E-state index contributed by atoms with van der Waals surface area (Å²) in [6.07, 6.45) is 1.49. The number of halogens is 1. The van der Waals surface area contributed by atoms with Gasteiger partial charge in [0.2, 0.25) is 0 Å². The van der Waals surface area contributed by atoms with E-state index in [-0.39, 0.29) is 14.9 Å². The van der Waals surface area contributed by atoms with Crippen molar-refractivity contribution >= 4 is 59.7 Å². The van der Waals surface area contributed by atoms with Crippen molar-refractivity contribution in [1.29, 1.82) is 0 Å². The number of rotatable bonds is 4. The summed E-state index contributed by atoms with van der Waals surface area (Å²) in [5, 5.41) is 1.82. The lowest BCUT2D eigenvalue weighted by molar-refractivity contribution is 0.0602. The molecule has 0 aromatic carbocycles. The molecular weight excluding hydrogens is 388 g/mol. The quantitative estimate of drug-likeness (QED) is 0.802. The van der Waals surface area contributed by atoms with Crippen LogP contribution in [0, 0.1) is 6.92 Å². The molecular formula is C10H9BrN2O4S3. The number of anilines is 1. The number of hydrogen-bond acceptors (Lipinski definition) is 7. The summed E-state index contributed by atoms with van der Waals surface area (Å²) in [7, 11) is -2.68. The number of nitrogens with zero attached hydrogens (tertiary/aromatic N) is 1. The van der Waals surface area contributed by atoms with Gasteiger partial charge in [0, 0.05) is 0 Å². The minimum atomic E-state index is -3.89. The molecule has 0 spiro atoms. The van der Waals surface area contributed by atoms with E-state index in [1.165, 1.54) is 13.3 Å². The number of thiazole rings is 1. The predicted octanol–water partition coefficient (Wildman–Crippen LogP) is 2.86. The molecule has 0 radical (unpaired) electrons. The summed E-state index contributed by atoms with van der Waals surface area (Å²) in [6.45, 7) is 1.62. The first kappa shape index (κ1) is 15.4. The Bertz CT molecular complexity index is 750. The van der Waals surface area contributed by atoms with Gasteiger partial charge in [-0.05, 0) is 33.8 Å². The lowest BCUT2D eigenvalue weighted by Crippen LogP contribution is -2.16. The fourth-order valence-electron chi connectivity index (χ4n) is 1.47. The van der Waals surface area contributed by atoms with Gasteiger partial charge in [0.05, 0.1) is 17.1 Å². The number of carbonyl (C=O) groups excluding carboxylic acids is 1. The number of sulfonamides is 1. The zero-order chi connectivity index (χ0) is 14.9. The number of hydrogen-bond donors (Lipinski definition) is 1. The van der Waals surface area contributed by atoms with Crippen LogP contribution in [-0.2, 0) is 14.8 Å². The van der Waals surface area contributed by atoms with Crippen LogP contribution in [0.15, 0.2) is 20.3 Å². The lowest BCUT2D eigenvalue weighted by Gasteiger charge is -2.06. The first-order chi connectivity index (χ1) is 9.35. The zero-order valence-corrected chi connectivity index (χ0v) is 14.4. The number of nitrogens with one attached hydrogen (secondary N) is 1. The average molecular weight is 397 g/mol. The van der Waals surface area contributed by atoms with Gasteiger partial charge in [-0.15, -0.1) is 11.3 Å². The predicted molar refractivity (Wildman–Crippen MR) is 81.0 cm³/mol. The maximum atomic E-state index is 12.4. The minimum Gasteiger partial charge on any atom is -0.465 e. The molecule has 20 heavy (non-hydrogen) atoms. The largest absolute Gasteiger partial charge is 0.465 e. The highest BCUT2D eigenvalue weighted by atomic mass is 79.9. The van der Waals surface area contributed by atoms with Gasteiger partial charge in [-0.3, -0.25) is 4.72 Å². The van der Waals surface area contributed by atoms with Crippen LogP contribution in [0.1, 0.15) is 15.2 Å². The number of ether oxygens (including phenoxy) is 1. The molecule has 2 aromatic heterocycles. The fraction of sp³-hybridized carbons (Fsp3) is 0.200. The summed E-state index contributed by atoms with van der Waals surface area (Å²) >= 11 is 5.37. The smallest absolute Gasteiger partial charge is 0.349 e. The molecule has 10 heteroatoms. The Labute approximate surface area is 132 Å². The van der Waals surface area contributed by atoms with Crippen molar-refractivity contribution in [2.45, 2.75) is 11.8 Å². The Hall–Kier alpha value is -0.970. The van der Waals surface area contributed by atoms with E-state index in [1.807, 2.05) is 0 Å². The van der Waals surface area contributed by atoms with Crippen molar-refractivity contribution in [2.24, 2.45) is 0 Å². The number of carbonyl (C=O) groups is 1. The minimum absolute atomic E-state index is 0.0492. The number of esters is 1. The van der Waals surface area contributed by atoms with Crippen molar-refractivity contribution in [1.82, 2.24) is 4.98 Å². The van der Waals surface area contributed by atoms with E-state index in [4.69, 9.17) is 0 Å². The van der Waals surface area contributed by atoms with E-state index in [9.17, 15) is 13.2 Å². The molecule has 0 bridgehead atoms. The molecule has 0 saturated heterocycles. The van der Waals surface area contributed by atoms with Gasteiger partial charge in [0.15, 0.2) is 5.13 Å². The molecule has 0 fully saturated rings. The second kappa shape index (κ2) is 5.80. The van der Waals surface area contributed by atoms with Crippen molar-refractivity contribution in [3.8, 4) is 0 Å². The van der Waals surface area contributed by atoms with Crippen LogP contribution in [0.3, 0.4) is 0 Å². The SMILES string of the molecule is COC(=O)c1scc(C)c1S(=O)(=O)Nc1ncc(Br)s1. The van der Waals surface area contributed by atoms with Crippen LogP contribution in [-0.4, -0.2) is 26.5 Å². The maximum Gasteiger partial charge on any atom is 0.349 e. The van der Waals surface area contributed by atoms with Crippen LogP contribution in [0.2, 0.25) is 0 Å². The Kier molecular flexibility index (Phi) is 4.47. The molecule has 0 aliphatic rings. The van der Waals surface area contributed by atoms with Gasteiger partial charge < -0.3 is 4.74 Å². The standard InChI is InChI=1S/C10H9BrN2O4S3/c1-5-4-18-7(9(14)17-2)8(5)20(15,16)13-10-12-3-6(11)19-10/h3-4H,1-2H3,(H,12,13). The van der Waals surface area contributed by atoms with E-state index in [1.54, 1.807) is 12.3 Å². The van der Waals surface area contributed by atoms with Gasteiger partial charge >= 0.3 is 5.97 Å². The van der Waals surface area contributed by atoms with Gasteiger partial charge in [-0.1, -0.05) is 11.3 Å². The monoisotopic (exact) mass is 396 g/mol. The van der Waals surface area contributed by atoms with Crippen LogP contribution in [0.25, 0.3) is 0 Å². The summed E-state index contributed by atoms with van der Waals surface area (Å²) in [6, 6.07) is 0. The Morgan fingerprint density at radius 1 is 1.50 bits per heavy atom. The van der Waals surface area contributed by atoms with E-state index in [2.05, 4.69) is 30.4 Å². The normalized spacial score (nSPS) is 11.3. The van der Waals surface area contributed by atoms with Crippen LogP contribution < -0.4 is 4.72 Å². The van der Waals surface area contributed by atoms with E-state index in [0.29, 0.717) is 9.35 Å². The second-order valence-corrected chi connectivity index (χ2v) is 8.55. The number of aryl methyl sites for hydroxylation is 1. The maximum absolute atomic E-state index is 12.4. The number of thiophene rings is 1. The molecule has 108 valence electrons. The number of methoxy groups -OCH3 is 1. The summed E-state index contributed by atoms with van der Waals surface area (Å²) < 4.78 is 32.4.